The molecule has 0 radical (unpaired) electrons. The molecule has 0 N–H and O–H groups in total. The van der Waals surface area contributed by atoms with Crippen molar-refractivity contribution in [1.82, 2.24) is 9.80 Å². The van der Waals surface area contributed by atoms with Crippen molar-refractivity contribution in [3.63, 3.8) is 0 Å². The summed E-state index contributed by atoms with van der Waals surface area (Å²) in [5, 5.41) is 0. The predicted octanol–water partition coefficient (Wildman–Crippen LogP) is 2.64. The van der Waals surface area contributed by atoms with Gasteiger partial charge in [-0.3, -0.25) is 9.80 Å². The molecule has 1 aromatic rings. The first-order chi connectivity index (χ1) is 11.7. The number of piperidine rings is 1. The molecule has 4 nitrogen and oxygen atoms in total. The molecule has 1 spiro atoms. The van der Waals surface area contributed by atoms with Crippen molar-refractivity contribution in [2.24, 2.45) is 5.41 Å². The van der Waals surface area contributed by atoms with Crippen molar-refractivity contribution in [1.29, 1.82) is 0 Å². The number of likely N-dealkylation sites (tertiary alicyclic amines) is 2. The van der Waals surface area contributed by atoms with Crippen molar-refractivity contribution < 1.29 is 9.47 Å². The van der Waals surface area contributed by atoms with Crippen molar-refractivity contribution in [3.8, 4) is 0 Å². The van der Waals surface area contributed by atoms with Gasteiger partial charge in [-0.15, -0.1) is 0 Å². The fourth-order valence-corrected chi connectivity index (χ4v) is 4.47. The van der Waals surface area contributed by atoms with Crippen LogP contribution in [0.1, 0.15) is 24.8 Å². The maximum absolute atomic E-state index is 5.48. The zero-order valence-corrected chi connectivity index (χ0v) is 15.2. The van der Waals surface area contributed by atoms with E-state index < -0.39 is 0 Å². The van der Waals surface area contributed by atoms with E-state index in [2.05, 4.69) is 40.1 Å². The normalized spacial score (nSPS) is 24.7. The van der Waals surface area contributed by atoms with Gasteiger partial charge in [0.2, 0.25) is 0 Å². The van der Waals surface area contributed by atoms with Gasteiger partial charge in [0.05, 0.1) is 13.2 Å². The Bertz CT molecular complexity index is 486. The van der Waals surface area contributed by atoms with Crippen molar-refractivity contribution in [2.45, 2.75) is 31.8 Å². The minimum absolute atomic E-state index is 0.490. The van der Waals surface area contributed by atoms with Gasteiger partial charge in [0.25, 0.3) is 0 Å². The Kier molecular flexibility index (Phi) is 6.28. The first-order valence-electron chi connectivity index (χ1n) is 9.23. The summed E-state index contributed by atoms with van der Waals surface area (Å²) < 4.78 is 10.8. The highest BCUT2D eigenvalue weighted by Gasteiger charge is 2.45. The molecule has 0 aliphatic carbocycles. The Labute approximate surface area is 146 Å². The number of benzene rings is 1. The first-order valence-corrected chi connectivity index (χ1v) is 9.23. The summed E-state index contributed by atoms with van der Waals surface area (Å²) in [6.07, 6.45) is 3.90. The van der Waals surface area contributed by atoms with E-state index in [0.29, 0.717) is 11.5 Å². The number of methoxy groups -OCH3 is 2. The Hall–Kier alpha value is -0.940. The van der Waals surface area contributed by atoms with Gasteiger partial charge in [0, 0.05) is 39.9 Å². The first kappa shape index (κ1) is 17.9. The lowest BCUT2D eigenvalue weighted by Gasteiger charge is -2.39. The van der Waals surface area contributed by atoms with Gasteiger partial charge in [0.15, 0.2) is 0 Å². The molecule has 3 rings (SSSR count). The molecule has 1 unspecified atom stereocenters. The van der Waals surface area contributed by atoms with Gasteiger partial charge < -0.3 is 9.47 Å². The van der Waals surface area contributed by atoms with Crippen LogP contribution in [-0.4, -0.2) is 69.5 Å². The van der Waals surface area contributed by atoms with Crippen molar-refractivity contribution in [3.05, 3.63) is 35.9 Å². The molecule has 0 bridgehead atoms. The van der Waals surface area contributed by atoms with E-state index in [1.807, 2.05) is 7.11 Å². The fourth-order valence-electron chi connectivity index (χ4n) is 4.47. The molecule has 2 heterocycles. The molecular formula is C20H32N2O2. The minimum Gasteiger partial charge on any atom is -0.383 e. The van der Waals surface area contributed by atoms with Crippen LogP contribution in [-0.2, 0) is 16.0 Å². The maximum Gasteiger partial charge on any atom is 0.0618 e. The Morgan fingerprint density at radius 2 is 1.83 bits per heavy atom. The average molecular weight is 332 g/mol. The summed E-state index contributed by atoms with van der Waals surface area (Å²) in [5.74, 6) is 0. The molecule has 0 amide bonds. The number of ether oxygens (including phenoxy) is 2. The molecule has 1 aromatic carbocycles. The second-order valence-corrected chi connectivity index (χ2v) is 7.54. The highest BCUT2D eigenvalue weighted by molar-refractivity contribution is 5.14. The van der Waals surface area contributed by atoms with Crippen LogP contribution in [0.3, 0.4) is 0 Å². The van der Waals surface area contributed by atoms with Crippen LogP contribution in [0, 0.1) is 5.41 Å². The zero-order chi connectivity index (χ0) is 16.8. The Morgan fingerprint density at radius 3 is 2.50 bits per heavy atom. The quantitative estimate of drug-likeness (QED) is 0.766. The van der Waals surface area contributed by atoms with Crippen molar-refractivity contribution in [2.75, 3.05) is 53.6 Å². The van der Waals surface area contributed by atoms with Gasteiger partial charge in [-0.05, 0) is 43.3 Å². The maximum atomic E-state index is 5.48. The zero-order valence-electron chi connectivity index (χ0n) is 15.2. The predicted molar refractivity (Wildman–Crippen MR) is 97.1 cm³/mol. The summed E-state index contributed by atoms with van der Waals surface area (Å²) in [6.45, 7) is 7.42. The smallest absolute Gasteiger partial charge is 0.0618 e. The van der Waals surface area contributed by atoms with Crippen LogP contribution in [0.2, 0.25) is 0 Å². The van der Waals surface area contributed by atoms with Crippen LogP contribution in [0.4, 0.5) is 0 Å². The molecule has 24 heavy (non-hydrogen) atoms. The molecule has 2 saturated heterocycles. The summed E-state index contributed by atoms with van der Waals surface area (Å²) in [7, 11) is 3.61. The number of hydrogen-bond acceptors (Lipinski definition) is 4. The number of hydrogen-bond donors (Lipinski definition) is 0. The molecular weight excluding hydrogens is 300 g/mol. The third-order valence-electron chi connectivity index (χ3n) is 5.83. The van der Waals surface area contributed by atoms with Gasteiger partial charge in [-0.25, -0.2) is 0 Å². The van der Waals surface area contributed by atoms with Crippen LogP contribution in [0.25, 0.3) is 0 Å². The van der Waals surface area contributed by atoms with E-state index in [4.69, 9.17) is 9.47 Å². The summed E-state index contributed by atoms with van der Waals surface area (Å²) in [4.78, 5) is 5.21. The monoisotopic (exact) mass is 332 g/mol. The molecule has 2 fully saturated rings. The molecule has 0 saturated carbocycles. The topological polar surface area (TPSA) is 24.9 Å². The molecule has 1 atom stereocenters. The van der Waals surface area contributed by atoms with Gasteiger partial charge in [-0.1, -0.05) is 30.3 Å². The van der Waals surface area contributed by atoms with E-state index in [1.165, 1.54) is 44.5 Å². The Balaban J connectivity index is 1.54. The average Bonchev–Trinajstić information content (AvgIpc) is 2.94. The lowest BCUT2D eigenvalue weighted by atomic mass is 9.76. The molecule has 2 aliphatic heterocycles. The van der Waals surface area contributed by atoms with Gasteiger partial charge in [-0.2, -0.15) is 0 Å². The van der Waals surface area contributed by atoms with Crippen LogP contribution < -0.4 is 0 Å². The second-order valence-electron chi connectivity index (χ2n) is 7.54. The minimum atomic E-state index is 0.490. The van der Waals surface area contributed by atoms with E-state index in [9.17, 15) is 0 Å². The van der Waals surface area contributed by atoms with Gasteiger partial charge >= 0.3 is 0 Å². The van der Waals surface area contributed by atoms with E-state index in [0.717, 1.165) is 26.3 Å². The molecule has 2 aliphatic rings. The third kappa shape index (κ3) is 4.37. The highest BCUT2D eigenvalue weighted by atomic mass is 16.5. The van der Waals surface area contributed by atoms with Gasteiger partial charge in [0.1, 0.15) is 0 Å². The third-order valence-corrected chi connectivity index (χ3v) is 5.83. The summed E-state index contributed by atoms with van der Waals surface area (Å²) >= 11 is 0. The standard InChI is InChI=1S/C20H32N2O2/c1-23-13-12-22-17-20(14-19(22)16-24-2)8-10-21(11-9-20)15-18-6-4-3-5-7-18/h3-7,19H,8-17H2,1-2H3. The van der Waals surface area contributed by atoms with Crippen LogP contribution in [0.5, 0.6) is 0 Å². The summed E-state index contributed by atoms with van der Waals surface area (Å²) in [6, 6.07) is 11.4. The lowest BCUT2D eigenvalue weighted by Crippen LogP contribution is -2.41. The van der Waals surface area contributed by atoms with Crippen molar-refractivity contribution >= 4 is 0 Å². The largest absolute Gasteiger partial charge is 0.383 e. The van der Waals surface area contributed by atoms with Crippen LogP contribution in [0.15, 0.2) is 30.3 Å². The Morgan fingerprint density at radius 1 is 1.08 bits per heavy atom. The molecule has 134 valence electrons. The molecule has 0 aromatic heterocycles. The summed E-state index contributed by atoms with van der Waals surface area (Å²) in [5.41, 5.74) is 1.92. The number of rotatable bonds is 7. The van der Waals surface area contributed by atoms with E-state index >= 15 is 0 Å². The number of nitrogens with zero attached hydrogens (tertiary/aromatic N) is 2. The second kappa shape index (κ2) is 8.43. The lowest BCUT2D eigenvalue weighted by molar-refractivity contribution is 0.0858. The van der Waals surface area contributed by atoms with E-state index in [1.54, 1.807) is 7.11 Å². The van der Waals surface area contributed by atoms with E-state index in [-0.39, 0.29) is 0 Å². The SMILES string of the molecule is COCCN1CC2(CCN(Cc3ccccc3)CC2)CC1COC. The van der Waals surface area contributed by atoms with Crippen LogP contribution >= 0.6 is 0 Å². The molecule has 4 heteroatoms. The fraction of sp³-hybridized carbons (Fsp3) is 0.700. The highest BCUT2D eigenvalue weighted by Crippen LogP contribution is 2.43.